The zero-order valence-electron chi connectivity index (χ0n) is 10.6. The molecular weight excluding hydrogens is 304 g/mol. The van der Waals surface area contributed by atoms with Crippen molar-refractivity contribution in [1.29, 1.82) is 0 Å². The van der Waals surface area contributed by atoms with Gasteiger partial charge in [-0.3, -0.25) is 4.79 Å². The van der Waals surface area contributed by atoms with Crippen molar-refractivity contribution in [1.82, 2.24) is 0 Å². The fourth-order valence-electron chi connectivity index (χ4n) is 1.32. The first-order valence-corrected chi connectivity index (χ1v) is 6.43. The molecule has 1 rings (SSSR count). The highest BCUT2D eigenvalue weighted by molar-refractivity contribution is 9.10. The molecule has 0 aliphatic carbocycles. The first kappa shape index (κ1) is 15.1. The predicted molar refractivity (Wildman–Crippen MR) is 71.4 cm³/mol. The van der Waals surface area contributed by atoms with Crippen LogP contribution in [0.15, 0.2) is 16.6 Å². The van der Waals surface area contributed by atoms with Gasteiger partial charge in [0.05, 0.1) is 10.2 Å². The molecule has 1 aromatic rings. The molecule has 18 heavy (non-hydrogen) atoms. The molecule has 0 radical (unpaired) electrons. The molecule has 0 heterocycles. The van der Waals surface area contributed by atoms with Crippen LogP contribution >= 0.6 is 15.9 Å². The molecule has 0 saturated carbocycles. The molecule has 2 nitrogen and oxygen atoms in total. The molecule has 0 bridgehead atoms. The molecule has 0 aliphatic heterocycles. The topological polar surface area (TPSA) is 29.1 Å². The summed E-state index contributed by atoms with van der Waals surface area (Å²) < 4.78 is 26.7. The van der Waals surface area contributed by atoms with Gasteiger partial charge in [-0.25, -0.2) is 8.78 Å². The van der Waals surface area contributed by atoms with Crippen LogP contribution in [0.4, 0.5) is 14.5 Å². The van der Waals surface area contributed by atoms with E-state index in [1.54, 1.807) is 0 Å². The maximum absolute atomic E-state index is 13.5. The van der Waals surface area contributed by atoms with Gasteiger partial charge in [0.2, 0.25) is 5.91 Å². The van der Waals surface area contributed by atoms with Crippen LogP contribution in [-0.2, 0) is 4.79 Å². The number of carbonyl (C=O) groups is 1. The van der Waals surface area contributed by atoms with E-state index < -0.39 is 11.6 Å². The zero-order valence-corrected chi connectivity index (χ0v) is 12.2. The van der Waals surface area contributed by atoms with Crippen molar-refractivity contribution < 1.29 is 13.6 Å². The Labute approximate surface area is 114 Å². The van der Waals surface area contributed by atoms with Crippen molar-refractivity contribution in [3.63, 3.8) is 0 Å². The van der Waals surface area contributed by atoms with Gasteiger partial charge in [0.15, 0.2) is 0 Å². The Kier molecular flexibility index (Phi) is 4.85. The second-order valence-electron chi connectivity index (χ2n) is 5.35. The minimum Gasteiger partial charge on any atom is -0.324 e. The smallest absolute Gasteiger partial charge is 0.224 e. The van der Waals surface area contributed by atoms with Crippen LogP contribution in [0.3, 0.4) is 0 Å². The molecule has 5 heteroatoms. The standard InChI is InChI=1S/C13H16BrF2NO/c1-13(2,3)5-4-12(18)17-11-7-9(15)8(14)6-10(11)16/h6-7H,4-5H2,1-3H3,(H,17,18). The van der Waals surface area contributed by atoms with Crippen molar-refractivity contribution in [2.24, 2.45) is 5.41 Å². The monoisotopic (exact) mass is 319 g/mol. The fraction of sp³-hybridized carbons (Fsp3) is 0.462. The van der Waals surface area contributed by atoms with Gasteiger partial charge in [0, 0.05) is 12.5 Å². The van der Waals surface area contributed by atoms with Gasteiger partial charge in [0.25, 0.3) is 0 Å². The number of hydrogen-bond acceptors (Lipinski definition) is 1. The summed E-state index contributed by atoms with van der Waals surface area (Å²) in [4.78, 5) is 11.6. The summed E-state index contributed by atoms with van der Waals surface area (Å²) >= 11 is 2.88. The Morgan fingerprint density at radius 2 is 1.89 bits per heavy atom. The van der Waals surface area contributed by atoms with E-state index >= 15 is 0 Å². The van der Waals surface area contributed by atoms with Crippen molar-refractivity contribution in [3.8, 4) is 0 Å². The molecule has 0 unspecified atom stereocenters. The van der Waals surface area contributed by atoms with Crippen LogP contribution in [0.25, 0.3) is 0 Å². The first-order chi connectivity index (χ1) is 8.19. The predicted octanol–water partition coefficient (Wildman–Crippen LogP) is 4.49. The molecule has 0 fully saturated rings. The Balaban J connectivity index is 2.68. The van der Waals surface area contributed by atoms with E-state index in [2.05, 4.69) is 21.2 Å². The first-order valence-electron chi connectivity index (χ1n) is 5.63. The average molecular weight is 320 g/mol. The lowest BCUT2D eigenvalue weighted by Crippen LogP contribution is -2.16. The van der Waals surface area contributed by atoms with E-state index in [1.165, 1.54) is 0 Å². The number of nitrogens with one attached hydrogen (secondary N) is 1. The van der Waals surface area contributed by atoms with Crippen LogP contribution in [0, 0.1) is 17.0 Å². The highest BCUT2D eigenvalue weighted by Crippen LogP contribution is 2.24. The van der Waals surface area contributed by atoms with Crippen molar-refractivity contribution in [2.45, 2.75) is 33.6 Å². The van der Waals surface area contributed by atoms with Gasteiger partial charge in [-0.2, -0.15) is 0 Å². The third-order valence-corrected chi connectivity index (χ3v) is 2.99. The summed E-state index contributed by atoms with van der Waals surface area (Å²) in [6.07, 6.45) is 0.958. The summed E-state index contributed by atoms with van der Waals surface area (Å²) in [5, 5.41) is 2.38. The molecule has 1 amide bonds. The van der Waals surface area contributed by atoms with E-state index in [0.717, 1.165) is 12.1 Å². The van der Waals surface area contributed by atoms with Crippen LogP contribution in [-0.4, -0.2) is 5.91 Å². The van der Waals surface area contributed by atoms with Crippen molar-refractivity contribution in [2.75, 3.05) is 5.32 Å². The Morgan fingerprint density at radius 1 is 1.28 bits per heavy atom. The normalized spacial score (nSPS) is 11.4. The quantitative estimate of drug-likeness (QED) is 0.817. The molecule has 0 atom stereocenters. The summed E-state index contributed by atoms with van der Waals surface area (Å²) in [6.45, 7) is 6.04. The number of hydrogen-bond donors (Lipinski definition) is 1. The molecule has 1 aromatic carbocycles. The SMILES string of the molecule is CC(C)(C)CCC(=O)Nc1cc(F)c(Br)cc1F. The van der Waals surface area contributed by atoms with Gasteiger partial charge in [-0.05, 0) is 33.8 Å². The average Bonchev–Trinajstić information content (AvgIpc) is 2.22. The van der Waals surface area contributed by atoms with E-state index in [-0.39, 0.29) is 27.9 Å². The second-order valence-corrected chi connectivity index (χ2v) is 6.21. The highest BCUT2D eigenvalue weighted by Gasteiger charge is 2.15. The lowest BCUT2D eigenvalue weighted by atomic mass is 9.90. The number of rotatable bonds is 3. The summed E-state index contributed by atoms with van der Waals surface area (Å²) in [7, 11) is 0. The van der Waals surface area contributed by atoms with Gasteiger partial charge in [-0.1, -0.05) is 20.8 Å². The molecular formula is C13H16BrF2NO. The van der Waals surface area contributed by atoms with Crippen LogP contribution in [0.2, 0.25) is 0 Å². The molecule has 0 aromatic heterocycles. The third kappa shape index (κ3) is 4.72. The number of carbonyl (C=O) groups excluding carboxylic acids is 1. The van der Waals surface area contributed by atoms with Gasteiger partial charge >= 0.3 is 0 Å². The summed E-state index contributed by atoms with van der Waals surface area (Å²) in [5.41, 5.74) is -0.101. The molecule has 100 valence electrons. The number of amides is 1. The highest BCUT2D eigenvalue weighted by atomic mass is 79.9. The van der Waals surface area contributed by atoms with Gasteiger partial charge in [-0.15, -0.1) is 0 Å². The minimum atomic E-state index is -0.660. The van der Waals surface area contributed by atoms with Crippen molar-refractivity contribution >= 4 is 27.5 Å². The third-order valence-electron chi connectivity index (χ3n) is 2.39. The van der Waals surface area contributed by atoms with E-state index in [0.29, 0.717) is 6.42 Å². The molecule has 0 saturated heterocycles. The molecule has 0 spiro atoms. The number of benzene rings is 1. The molecule has 1 N–H and O–H groups in total. The Hall–Kier alpha value is -0.970. The van der Waals surface area contributed by atoms with Crippen LogP contribution in [0.1, 0.15) is 33.6 Å². The number of halogens is 3. The fourth-order valence-corrected chi connectivity index (χ4v) is 1.64. The van der Waals surface area contributed by atoms with Gasteiger partial charge in [0.1, 0.15) is 11.6 Å². The maximum atomic E-state index is 13.5. The van der Waals surface area contributed by atoms with Gasteiger partial charge < -0.3 is 5.32 Å². The molecule has 0 aliphatic rings. The Bertz CT molecular complexity index is 455. The number of anilines is 1. The van der Waals surface area contributed by atoms with Crippen molar-refractivity contribution in [3.05, 3.63) is 28.2 Å². The summed E-state index contributed by atoms with van der Waals surface area (Å²) in [6, 6.07) is 1.96. The summed E-state index contributed by atoms with van der Waals surface area (Å²) in [5.74, 6) is -1.58. The van der Waals surface area contributed by atoms with E-state index in [1.807, 2.05) is 20.8 Å². The lowest BCUT2D eigenvalue weighted by Gasteiger charge is -2.17. The maximum Gasteiger partial charge on any atom is 0.224 e. The second kappa shape index (κ2) is 5.78. The largest absolute Gasteiger partial charge is 0.324 e. The zero-order chi connectivity index (χ0) is 13.9. The van der Waals surface area contributed by atoms with E-state index in [9.17, 15) is 13.6 Å². The Morgan fingerprint density at radius 3 is 2.44 bits per heavy atom. The lowest BCUT2D eigenvalue weighted by molar-refractivity contribution is -0.116. The van der Waals surface area contributed by atoms with E-state index in [4.69, 9.17) is 0 Å². The minimum absolute atomic E-state index is 0.0286. The van der Waals surface area contributed by atoms with Crippen LogP contribution < -0.4 is 5.32 Å². The van der Waals surface area contributed by atoms with Crippen LogP contribution in [0.5, 0.6) is 0 Å².